The second-order valence-electron chi connectivity index (χ2n) is 5.78. The lowest BCUT2D eigenvalue weighted by Crippen LogP contribution is -2.34. The molecule has 106 valence electrons. The van der Waals surface area contributed by atoms with Crippen LogP contribution in [0.15, 0.2) is 54.6 Å². The van der Waals surface area contributed by atoms with Gasteiger partial charge in [-0.25, -0.2) is 0 Å². The molecule has 2 aliphatic rings. The fourth-order valence-corrected chi connectivity index (χ4v) is 3.76. The number of aliphatic hydroxyl groups excluding tert-OH is 1. The summed E-state index contributed by atoms with van der Waals surface area (Å²) < 4.78 is 5.25. The predicted octanol–water partition coefficient (Wildman–Crippen LogP) is 2.65. The molecule has 2 aromatic rings. The number of esters is 1. The van der Waals surface area contributed by atoms with Crippen LogP contribution < -0.4 is 0 Å². The largest absolute Gasteiger partial charge is 0.465 e. The van der Waals surface area contributed by atoms with Crippen molar-refractivity contribution in [2.24, 2.45) is 11.8 Å². The highest BCUT2D eigenvalue weighted by atomic mass is 16.5. The Kier molecular flexibility index (Phi) is 2.82. The van der Waals surface area contributed by atoms with Crippen LogP contribution in [0.25, 0.3) is 0 Å². The SMILES string of the molecule is O=C1OC[C@H]2[C@H]1[C@H](c1ccccc1)c1ccccc1[C@@H]2O. The van der Waals surface area contributed by atoms with E-state index in [0.29, 0.717) is 6.61 Å². The summed E-state index contributed by atoms with van der Waals surface area (Å²) in [6, 6.07) is 17.9. The lowest BCUT2D eigenvalue weighted by Gasteiger charge is -2.36. The van der Waals surface area contributed by atoms with Crippen LogP contribution in [0.5, 0.6) is 0 Å². The van der Waals surface area contributed by atoms with Crippen LogP contribution in [0.3, 0.4) is 0 Å². The standard InChI is InChI=1S/C18H16O3/c19-17-13-9-5-4-8-12(13)15(11-6-2-1-3-7-11)16-14(17)10-21-18(16)20/h1-9,14-17,19H,10H2/t14-,15+,16-,17-/m0/s1. The number of cyclic esters (lactones) is 1. The van der Waals surface area contributed by atoms with Gasteiger partial charge >= 0.3 is 5.97 Å². The van der Waals surface area contributed by atoms with Crippen LogP contribution in [0.2, 0.25) is 0 Å². The average molecular weight is 280 g/mol. The minimum Gasteiger partial charge on any atom is -0.465 e. The summed E-state index contributed by atoms with van der Waals surface area (Å²) in [5.41, 5.74) is 3.06. The van der Waals surface area contributed by atoms with Crippen LogP contribution in [0.1, 0.15) is 28.7 Å². The number of rotatable bonds is 1. The zero-order valence-electron chi connectivity index (χ0n) is 11.5. The van der Waals surface area contributed by atoms with E-state index < -0.39 is 6.10 Å². The van der Waals surface area contributed by atoms with Crippen molar-refractivity contribution in [3.63, 3.8) is 0 Å². The molecule has 0 spiro atoms. The first-order valence-electron chi connectivity index (χ1n) is 7.26. The van der Waals surface area contributed by atoms with E-state index in [4.69, 9.17) is 4.74 Å². The molecule has 2 aromatic carbocycles. The molecule has 4 atom stereocenters. The first-order chi connectivity index (χ1) is 10.3. The maximum Gasteiger partial charge on any atom is 0.310 e. The minimum atomic E-state index is -0.627. The van der Waals surface area contributed by atoms with E-state index in [-0.39, 0.29) is 23.7 Å². The number of benzene rings is 2. The lowest BCUT2D eigenvalue weighted by molar-refractivity contribution is -0.141. The van der Waals surface area contributed by atoms with Crippen LogP contribution in [0, 0.1) is 11.8 Å². The summed E-state index contributed by atoms with van der Waals surface area (Å²) in [6.45, 7) is 0.308. The molecule has 1 N–H and O–H groups in total. The Hall–Kier alpha value is -2.13. The number of hydrogen-bond acceptors (Lipinski definition) is 3. The molecule has 0 unspecified atom stereocenters. The quantitative estimate of drug-likeness (QED) is 0.817. The summed E-state index contributed by atoms with van der Waals surface area (Å²) in [4.78, 5) is 12.2. The van der Waals surface area contributed by atoms with Gasteiger partial charge in [0.05, 0.1) is 18.6 Å². The number of carbonyl (C=O) groups is 1. The summed E-state index contributed by atoms with van der Waals surface area (Å²) in [7, 11) is 0. The smallest absolute Gasteiger partial charge is 0.310 e. The molecule has 1 saturated heterocycles. The van der Waals surface area contributed by atoms with Gasteiger partial charge in [0.25, 0.3) is 0 Å². The van der Waals surface area contributed by atoms with Gasteiger partial charge in [0.1, 0.15) is 0 Å². The Bertz CT molecular complexity index is 680. The molecule has 0 aromatic heterocycles. The molecule has 1 aliphatic carbocycles. The Labute approximate surface area is 123 Å². The summed E-state index contributed by atoms with van der Waals surface area (Å²) >= 11 is 0. The predicted molar refractivity (Wildman–Crippen MR) is 77.6 cm³/mol. The van der Waals surface area contributed by atoms with Crippen molar-refractivity contribution in [1.82, 2.24) is 0 Å². The van der Waals surface area contributed by atoms with Gasteiger partial charge in [-0.3, -0.25) is 4.79 Å². The number of fused-ring (bicyclic) bond motifs is 2. The highest BCUT2D eigenvalue weighted by Crippen LogP contribution is 2.51. The second-order valence-corrected chi connectivity index (χ2v) is 5.78. The molecule has 0 bridgehead atoms. The van der Waals surface area contributed by atoms with E-state index in [1.165, 1.54) is 0 Å². The highest BCUT2D eigenvalue weighted by Gasteiger charge is 2.51. The summed E-state index contributed by atoms with van der Waals surface area (Å²) in [5, 5.41) is 10.6. The number of ether oxygens (including phenoxy) is 1. The first-order valence-corrected chi connectivity index (χ1v) is 7.26. The fourth-order valence-electron chi connectivity index (χ4n) is 3.76. The Morgan fingerprint density at radius 3 is 2.38 bits per heavy atom. The van der Waals surface area contributed by atoms with Crippen molar-refractivity contribution in [3.05, 3.63) is 71.3 Å². The Morgan fingerprint density at radius 2 is 1.62 bits per heavy atom. The van der Waals surface area contributed by atoms with Crippen molar-refractivity contribution >= 4 is 5.97 Å². The molecule has 3 heteroatoms. The molecule has 1 heterocycles. The molecule has 0 radical (unpaired) electrons. The molecular weight excluding hydrogens is 264 g/mol. The maximum absolute atomic E-state index is 12.2. The first kappa shape index (κ1) is 12.6. The second kappa shape index (κ2) is 4.71. The number of carbonyl (C=O) groups excluding carboxylic acids is 1. The minimum absolute atomic E-state index is 0.0363. The van der Waals surface area contributed by atoms with Gasteiger partial charge < -0.3 is 9.84 Å². The van der Waals surface area contributed by atoms with Gasteiger partial charge in [-0.1, -0.05) is 54.6 Å². The van der Waals surface area contributed by atoms with E-state index in [1.54, 1.807) is 0 Å². The maximum atomic E-state index is 12.2. The molecule has 1 aliphatic heterocycles. The van der Waals surface area contributed by atoms with Crippen molar-refractivity contribution in [2.75, 3.05) is 6.61 Å². The monoisotopic (exact) mass is 280 g/mol. The number of aliphatic hydroxyl groups is 1. The van der Waals surface area contributed by atoms with Crippen molar-refractivity contribution in [1.29, 1.82) is 0 Å². The van der Waals surface area contributed by atoms with Gasteiger partial charge in [-0.15, -0.1) is 0 Å². The van der Waals surface area contributed by atoms with Gasteiger partial charge in [0, 0.05) is 11.8 Å². The third kappa shape index (κ3) is 1.81. The van der Waals surface area contributed by atoms with Crippen LogP contribution >= 0.6 is 0 Å². The molecule has 0 saturated carbocycles. The average Bonchev–Trinajstić information content (AvgIpc) is 2.91. The molecule has 1 fully saturated rings. The third-order valence-corrected chi connectivity index (χ3v) is 4.72. The molecule has 21 heavy (non-hydrogen) atoms. The molecule has 0 amide bonds. The topological polar surface area (TPSA) is 46.5 Å². The zero-order valence-corrected chi connectivity index (χ0v) is 11.5. The van der Waals surface area contributed by atoms with E-state index in [1.807, 2.05) is 54.6 Å². The van der Waals surface area contributed by atoms with E-state index in [2.05, 4.69) is 0 Å². The Balaban J connectivity index is 1.93. The number of hydrogen-bond donors (Lipinski definition) is 1. The lowest BCUT2D eigenvalue weighted by atomic mass is 9.66. The van der Waals surface area contributed by atoms with E-state index in [0.717, 1.165) is 16.7 Å². The van der Waals surface area contributed by atoms with Crippen LogP contribution in [-0.4, -0.2) is 17.7 Å². The van der Waals surface area contributed by atoms with Crippen molar-refractivity contribution in [2.45, 2.75) is 12.0 Å². The van der Waals surface area contributed by atoms with Gasteiger partial charge in [-0.2, -0.15) is 0 Å². The van der Waals surface area contributed by atoms with Crippen molar-refractivity contribution in [3.8, 4) is 0 Å². The van der Waals surface area contributed by atoms with Crippen molar-refractivity contribution < 1.29 is 14.6 Å². The molecule has 4 rings (SSSR count). The van der Waals surface area contributed by atoms with E-state index >= 15 is 0 Å². The third-order valence-electron chi connectivity index (χ3n) is 4.72. The highest BCUT2D eigenvalue weighted by molar-refractivity contribution is 5.78. The summed E-state index contributed by atoms with van der Waals surface area (Å²) in [5.74, 6) is -0.678. The molecular formula is C18H16O3. The van der Waals surface area contributed by atoms with Gasteiger partial charge in [0.2, 0.25) is 0 Å². The normalized spacial score (nSPS) is 30.4. The fraction of sp³-hybridized carbons (Fsp3) is 0.278. The zero-order chi connectivity index (χ0) is 14.4. The van der Waals surface area contributed by atoms with Crippen LogP contribution in [0.4, 0.5) is 0 Å². The van der Waals surface area contributed by atoms with Gasteiger partial charge in [0.15, 0.2) is 0 Å². The van der Waals surface area contributed by atoms with Gasteiger partial charge in [-0.05, 0) is 16.7 Å². The molecule has 3 nitrogen and oxygen atoms in total. The Morgan fingerprint density at radius 1 is 0.952 bits per heavy atom. The van der Waals surface area contributed by atoms with Crippen LogP contribution in [-0.2, 0) is 9.53 Å². The summed E-state index contributed by atoms with van der Waals surface area (Å²) in [6.07, 6.45) is -0.627. The van der Waals surface area contributed by atoms with E-state index in [9.17, 15) is 9.90 Å².